The van der Waals surface area contributed by atoms with Crippen LogP contribution in [-0.2, 0) is 20.9 Å². The van der Waals surface area contributed by atoms with Crippen molar-refractivity contribution in [3.8, 4) is 0 Å². The predicted molar refractivity (Wildman–Crippen MR) is 114 cm³/mol. The summed E-state index contributed by atoms with van der Waals surface area (Å²) in [5.41, 5.74) is 1.66. The highest BCUT2D eigenvalue weighted by molar-refractivity contribution is 6.31. The average Bonchev–Trinajstić information content (AvgIpc) is 2.68. The summed E-state index contributed by atoms with van der Waals surface area (Å²) in [6, 6.07) is 10.2. The smallest absolute Gasteiger partial charge is 0.336 e. The van der Waals surface area contributed by atoms with Gasteiger partial charge in [0.2, 0.25) is 5.91 Å². The maximum absolute atomic E-state index is 13.6. The van der Waals surface area contributed by atoms with Gasteiger partial charge in [-0.3, -0.25) is 4.79 Å². The Morgan fingerprint density at radius 2 is 1.84 bits per heavy atom. The van der Waals surface area contributed by atoms with Gasteiger partial charge in [0, 0.05) is 29.1 Å². The van der Waals surface area contributed by atoms with Crippen molar-refractivity contribution in [1.29, 1.82) is 0 Å². The molecule has 1 aliphatic rings. The summed E-state index contributed by atoms with van der Waals surface area (Å²) in [6.45, 7) is 5.66. The van der Waals surface area contributed by atoms with Gasteiger partial charge in [-0.2, -0.15) is 0 Å². The summed E-state index contributed by atoms with van der Waals surface area (Å²) in [7, 11) is 0. The van der Waals surface area contributed by atoms with Crippen LogP contribution in [0.25, 0.3) is 0 Å². The van der Waals surface area contributed by atoms with Gasteiger partial charge in [-0.15, -0.1) is 0 Å². The van der Waals surface area contributed by atoms with Gasteiger partial charge in [0.15, 0.2) is 0 Å². The molecule has 0 spiro atoms. The van der Waals surface area contributed by atoms with Gasteiger partial charge in [0.05, 0.1) is 18.7 Å². The Morgan fingerprint density at radius 3 is 2.45 bits per heavy atom. The SMILES string of the molecule is CC1=C(C(=O)OCC(C)C)C(c2ccccc2Cl)CC(=O)N1Cc1cc(F)cc(F)c1. The maximum atomic E-state index is 13.6. The normalized spacial score (nSPS) is 16.8. The topological polar surface area (TPSA) is 46.6 Å². The summed E-state index contributed by atoms with van der Waals surface area (Å²) in [6.07, 6.45) is -0.00895. The van der Waals surface area contributed by atoms with Crippen LogP contribution in [0.4, 0.5) is 8.78 Å². The van der Waals surface area contributed by atoms with E-state index in [1.807, 2.05) is 13.8 Å². The lowest BCUT2D eigenvalue weighted by atomic mass is 9.83. The van der Waals surface area contributed by atoms with E-state index in [2.05, 4.69) is 0 Å². The number of rotatable bonds is 6. The summed E-state index contributed by atoms with van der Waals surface area (Å²) in [4.78, 5) is 27.4. The minimum Gasteiger partial charge on any atom is -0.462 e. The minimum atomic E-state index is -0.730. The molecule has 7 heteroatoms. The molecule has 2 aromatic rings. The van der Waals surface area contributed by atoms with E-state index in [9.17, 15) is 18.4 Å². The van der Waals surface area contributed by atoms with E-state index in [0.29, 0.717) is 21.9 Å². The number of amides is 1. The minimum absolute atomic E-state index is 0.00895. The van der Waals surface area contributed by atoms with Crippen molar-refractivity contribution >= 4 is 23.5 Å². The highest BCUT2D eigenvalue weighted by Crippen LogP contribution is 2.40. The molecule has 1 heterocycles. The number of allylic oxidation sites excluding steroid dienone is 1. The number of benzene rings is 2. The second-order valence-electron chi connectivity index (χ2n) is 8.03. The van der Waals surface area contributed by atoms with E-state index in [1.165, 1.54) is 17.0 Å². The van der Waals surface area contributed by atoms with E-state index in [0.717, 1.165) is 6.07 Å². The van der Waals surface area contributed by atoms with Gasteiger partial charge in [-0.05, 0) is 42.2 Å². The van der Waals surface area contributed by atoms with E-state index in [1.54, 1.807) is 31.2 Å². The Kier molecular flexibility index (Phi) is 7.11. The molecule has 0 saturated heterocycles. The zero-order valence-corrected chi connectivity index (χ0v) is 18.4. The first kappa shape index (κ1) is 22.9. The van der Waals surface area contributed by atoms with Crippen LogP contribution in [0.1, 0.15) is 44.2 Å². The molecule has 31 heavy (non-hydrogen) atoms. The summed E-state index contributed by atoms with van der Waals surface area (Å²) in [5.74, 6) is -2.69. The lowest BCUT2D eigenvalue weighted by Crippen LogP contribution is -2.38. The molecule has 1 atom stereocenters. The molecule has 0 aromatic heterocycles. The standard InChI is InChI=1S/C24H24ClF2NO3/c1-14(2)13-31-24(30)23-15(3)28(12-16-8-17(26)10-18(27)9-16)22(29)11-20(23)19-6-4-5-7-21(19)25/h4-10,14,20H,11-13H2,1-3H3. The second kappa shape index (κ2) is 9.60. The third kappa shape index (κ3) is 5.31. The molecule has 2 aromatic carbocycles. The first-order valence-corrected chi connectivity index (χ1v) is 10.4. The number of hydrogen-bond acceptors (Lipinski definition) is 3. The van der Waals surface area contributed by atoms with Crippen molar-refractivity contribution in [3.05, 3.63) is 81.5 Å². The van der Waals surface area contributed by atoms with Crippen LogP contribution in [0.15, 0.2) is 53.7 Å². The molecule has 0 aliphatic carbocycles. The monoisotopic (exact) mass is 447 g/mol. The number of carbonyl (C=O) groups is 2. The van der Waals surface area contributed by atoms with E-state index >= 15 is 0 Å². The average molecular weight is 448 g/mol. The fourth-order valence-electron chi connectivity index (χ4n) is 3.70. The van der Waals surface area contributed by atoms with E-state index in [4.69, 9.17) is 16.3 Å². The fourth-order valence-corrected chi connectivity index (χ4v) is 3.96. The third-order valence-electron chi connectivity index (χ3n) is 5.13. The van der Waals surface area contributed by atoms with Crippen molar-refractivity contribution in [1.82, 2.24) is 4.90 Å². The number of carbonyl (C=O) groups excluding carboxylic acids is 2. The van der Waals surface area contributed by atoms with Crippen LogP contribution < -0.4 is 0 Å². The molecule has 0 N–H and O–H groups in total. The molecule has 3 rings (SSSR count). The van der Waals surface area contributed by atoms with Crippen LogP contribution in [-0.4, -0.2) is 23.4 Å². The fraction of sp³-hybridized carbons (Fsp3) is 0.333. The van der Waals surface area contributed by atoms with Gasteiger partial charge in [-0.25, -0.2) is 13.6 Å². The number of hydrogen-bond donors (Lipinski definition) is 0. The molecule has 1 amide bonds. The quantitative estimate of drug-likeness (QED) is 0.541. The highest BCUT2D eigenvalue weighted by atomic mass is 35.5. The van der Waals surface area contributed by atoms with Crippen LogP contribution in [0.3, 0.4) is 0 Å². The molecule has 1 unspecified atom stereocenters. The predicted octanol–water partition coefficient (Wildman–Crippen LogP) is 5.61. The summed E-state index contributed by atoms with van der Waals surface area (Å²) in [5, 5.41) is 0.447. The van der Waals surface area contributed by atoms with Crippen LogP contribution in [0, 0.1) is 17.6 Å². The Morgan fingerprint density at radius 1 is 1.19 bits per heavy atom. The van der Waals surface area contributed by atoms with Crippen molar-refractivity contribution in [2.24, 2.45) is 5.92 Å². The molecular formula is C24H24ClF2NO3. The van der Waals surface area contributed by atoms with Crippen molar-refractivity contribution < 1.29 is 23.1 Å². The zero-order chi connectivity index (χ0) is 22.7. The lowest BCUT2D eigenvalue weighted by molar-refractivity contribution is -0.141. The molecule has 0 fully saturated rings. The number of nitrogens with zero attached hydrogens (tertiary/aromatic N) is 1. The van der Waals surface area contributed by atoms with Gasteiger partial charge in [-0.1, -0.05) is 43.6 Å². The number of ether oxygens (including phenoxy) is 1. The van der Waals surface area contributed by atoms with Gasteiger partial charge >= 0.3 is 5.97 Å². The summed E-state index contributed by atoms with van der Waals surface area (Å²) >= 11 is 6.37. The van der Waals surface area contributed by atoms with E-state index in [-0.39, 0.29) is 37.0 Å². The molecule has 164 valence electrons. The molecule has 0 saturated carbocycles. The van der Waals surface area contributed by atoms with Crippen LogP contribution in [0.2, 0.25) is 5.02 Å². The Labute approximate surface area is 185 Å². The third-order valence-corrected chi connectivity index (χ3v) is 5.48. The Balaban J connectivity index is 2.04. The Hall–Kier alpha value is -2.73. The van der Waals surface area contributed by atoms with Crippen molar-refractivity contribution in [3.63, 3.8) is 0 Å². The first-order chi connectivity index (χ1) is 14.7. The van der Waals surface area contributed by atoms with Gasteiger partial charge < -0.3 is 9.64 Å². The second-order valence-corrected chi connectivity index (χ2v) is 8.43. The molecule has 0 bridgehead atoms. The molecule has 0 radical (unpaired) electrons. The van der Waals surface area contributed by atoms with Crippen molar-refractivity contribution in [2.75, 3.05) is 6.61 Å². The zero-order valence-electron chi connectivity index (χ0n) is 17.6. The lowest BCUT2D eigenvalue weighted by Gasteiger charge is -2.35. The van der Waals surface area contributed by atoms with Crippen LogP contribution in [0.5, 0.6) is 0 Å². The molecule has 4 nitrogen and oxygen atoms in total. The number of esters is 1. The van der Waals surface area contributed by atoms with E-state index < -0.39 is 23.5 Å². The molecular weight excluding hydrogens is 424 g/mol. The van der Waals surface area contributed by atoms with Gasteiger partial charge in [0.1, 0.15) is 11.6 Å². The van der Waals surface area contributed by atoms with Crippen LogP contribution >= 0.6 is 11.6 Å². The Bertz CT molecular complexity index is 1010. The van der Waals surface area contributed by atoms with Gasteiger partial charge in [0.25, 0.3) is 0 Å². The highest BCUT2D eigenvalue weighted by Gasteiger charge is 2.37. The largest absolute Gasteiger partial charge is 0.462 e. The summed E-state index contributed by atoms with van der Waals surface area (Å²) < 4.78 is 32.8. The first-order valence-electron chi connectivity index (χ1n) is 10.0. The maximum Gasteiger partial charge on any atom is 0.336 e. The number of halogens is 3. The van der Waals surface area contributed by atoms with Crippen molar-refractivity contribution in [2.45, 2.75) is 39.7 Å². The molecule has 1 aliphatic heterocycles.